The van der Waals surface area contributed by atoms with Gasteiger partial charge in [0.15, 0.2) is 0 Å². The van der Waals surface area contributed by atoms with Crippen molar-refractivity contribution in [3.05, 3.63) is 12.8 Å². The molecule has 0 rings (SSSR count). The predicted molar refractivity (Wildman–Crippen MR) is 38.4 cm³/mol. The summed E-state index contributed by atoms with van der Waals surface area (Å²) in [7, 11) is 1.67. The van der Waals surface area contributed by atoms with E-state index in [-0.39, 0.29) is 6.61 Å². The highest BCUT2D eigenvalue weighted by Crippen LogP contribution is 1.80. The van der Waals surface area contributed by atoms with E-state index in [0.717, 1.165) is 0 Å². The zero-order valence-electron chi connectivity index (χ0n) is 5.62. The summed E-state index contributed by atoms with van der Waals surface area (Å²) >= 11 is 0. The van der Waals surface area contributed by atoms with E-state index in [1.165, 1.54) is 0 Å². The molecule has 0 aromatic rings. The minimum absolute atomic E-state index is 0.123. The summed E-state index contributed by atoms with van der Waals surface area (Å²) in [6.45, 7) is 4.20. The van der Waals surface area contributed by atoms with Crippen LogP contribution >= 0.6 is 0 Å². The molecule has 0 saturated carbocycles. The van der Waals surface area contributed by atoms with Crippen LogP contribution in [0, 0.1) is 0 Å². The van der Waals surface area contributed by atoms with Crippen LogP contribution in [0.25, 0.3) is 0 Å². The van der Waals surface area contributed by atoms with Crippen LogP contribution in [0.1, 0.15) is 0 Å². The number of aliphatic hydroxyl groups excluding tert-OH is 1. The maximum atomic E-state index is 8.44. The van der Waals surface area contributed by atoms with Crippen LogP contribution in [0.2, 0.25) is 0 Å². The molecule has 1 N–H and O–H groups in total. The molecular weight excluding hydrogens is 116 g/mol. The lowest BCUT2D eigenvalue weighted by atomic mass is 10.6. The average molecular weight is 128 g/mol. The molecule has 3 nitrogen and oxygen atoms in total. The van der Waals surface area contributed by atoms with E-state index in [0.29, 0.717) is 6.54 Å². The molecule has 0 aromatic heterocycles. The first-order valence-electron chi connectivity index (χ1n) is 2.76. The van der Waals surface area contributed by atoms with E-state index in [1.54, 1.807) is 24.5 Å². The zero-order valence-corrected chi connectivity index (χ0v) is 5.62. The van der Waals surface area contributed by atoms with Crippen LogP contribution in [0.15, 0.2) is 17.8 Å². The summed E-state index contributed by atoms with van der Waals surface area (Å²) < 4.78 is 0. The summed E-state index contributed by atoms with van der Waals surface area (Å²) in [6.07, 6.45) is 3.23. The number of nitrogens with zero attached hydrogens (tertiary/aromatic N) is 2. The van der Waals surface area contributed by atoms with Gasteiger partial charge in [-0.15, -0.1) is 0 Å². The topological polar surface area (TPSA) is 35.8 Å². The van der Waals surface area contributed by atoms with Crippen molar-refractivity contribution in [2.24, 2.45) is 4.99 Å². The van der Waals surface area contributed by atoms with Crippen LogP contribution in [0.3, 0.4) is 0 Å². The SMILES string of the molecule is C=CN(C=NC)CCO. The van der Waals surface area contributed by atoms with E-state index in [4.69, 9.17) is 5.11 Å². The highest BCUT2D eigenvalue weighted by molar-refractivity contribution is 5.55. The summed E-state index contributed by atoms with van der Waals surface area (Å²) in [6, 6.07) is 0. The van der Waals surface area contributed by atoms with Gasteiger partial charge in [-0.1, -0.05) is 6.58 Å². The highest BCUT2D eigenvalue weighted by Gasteiger charge is 1.88. The fourth-order valence-corrected chi connectivity index (χ4v) is 0.460. The third-order valence-corrected chi connectivity index (χ3v) is 0.856. The Morgan fingerprint density at radius 2 is 2.44 bits per heavy atom. The van der Waals surface area contributed by atoms with Gasteiger partial charge < -0.3 is 10.0 Å². The Kier molecular flexibility index (Phi) is 4.82. The van der Waals surface area contributed by atoms with Gasteiger partial charge in [0.25, 0.3) is 0 Å². The predicted octanol–water partition coefficient (Wildman–Crippen LogP) is 0.0823. The molecule has 9 heavy (non-hydrogen) atoms. The molecular formula is C6H12N2O. The largest absolute Gasteiger partial charge is 0.395 e. The first-order valence-corrected chi connectivity index (χ1v) is 2.76. The molecule has 0 aliphatic heterocycles. The van der Waals surface area contributed by atoms with Gasteiger partial charge in [0, 0.05) is 13.6 Å². The third kappa shape index (κ3) is 3.73. The molecule has 0 atom stereocenters. The van der Waals surface area contributed by atoms with E-state index < -0.39 is 0 Å². The molecule has 0 bridgehead atoms. The minimum atomic E-state index is 0.123. The normalized spacial score (nSPS) is 10.0. The lowest BCUT2D eigenvalue weighted by Crippen LogP contribution is -2.18. The first kappa shape index (κ1) is 8.17. The van der Waals surface area contributed by atoms with Crippen molar-refractivity contribution in [2.75, 3.05) is 20.2 Å². The second-order valence-electron chi connectivity index (χ2n) is 1.52. The molecule has 52 valence electrons. The van der Waals surface area contributed by atoms with Crippen molar-refractivity contribution in [3.63, 3.8) is 0 Å². The lowest BCUT2D eigenvalue weighted by molar-refractivity contribution is 0.273. The van der Waals surface area contributed by atoms with Crippen molar-refractivity contribution in [1.82, 2.24) is 4.90 Å². The molecule has 0 aliphatic carbocycles. The molecule has 0 radical (unpaired) electrons. The molecule has 0 saturated heterocycles. The van der Waals surface area contributed by atoms with E-state index >= 15 is 0 Å². The molecule has 0 unspecified atom stereocenters. The summed E-state index contributed by atoms with van der Waals surface area (Å²) in [4.78, 5) is 5.45. The summed E-state index contributed by atoms with van der Waals surface area (Å²) in [5.41, 5.74) is 0. The first-order chi connectivity index (χ1) is 4.35. The monoisotopic (exact) mass is 128 g/mol. The van der Waals surface area contributed by atoms with Crippen molar-refractivity contribution in [1.29, 1.82) is 0 Å². The van der Waals surface area contributed by atoms with Crippen LogP contribution in [0.5, 0.6) is 0 Å². The minimum Gasteiger partial charge on any atom is -0.395 e. The number of aliphatic hydroxyl groups is 1. The van der Waals surface area contributed by atoms with Gasteiger partial charge >= 0.3 is 0 Å². The molecule has 0 fully saturated rings. The molecule has 0 spiro atoms. The Morgan fingerprint density at radius 3 is 2.78 bits per heavy atom. The van der Waals surface area contributed by atoms with Gasteiger partial charge in [0.05, 0.1) is 12.9 Å². The Balaban J connectivity index is 3.53. The molecule has 0 amide bonds. The Labute approximate surface area is 55.3 Å². The van der Waals surface area contributed by atoms with Crippen molar-refractivity contribution in [2.45, 2.75) is 0 Å². The van der Waals surface area contributed by atoms with Gasteiger partial charge in [-0.2, -0.15) is 0 Å². The molecule has 3 heteroatoms. The van der Waals surface area contributed by atoms with Gasteiger partial charge in [-0.3, -0.25) is 4.99 Å². The van der Waals surface area contributed by atoms with Crippen LogP contribution < -0.4 is 0 Å². The number of hydrogen-bond acceptors (Lipinski definition) is 2. The average Bonchev–Trinajstić information content (AvgIpc) is 1.88. The molecule has 0 aromatic carbocycles. The molecule has 0 heterocycles. The zero-order chi connectivity index (χ0) is 7.11. The van der Waals surface area contributed by atoms with Crippen LogP contribution in [-0.2, 0) is 0 Å². The maximum absolute atomic E-state index is 8.44. The van der Waals surface area contributed by atoms with Crippen molar-refractivity contribution < 1.29 is 5.11 Å². The maximum Gasteiger partial charge on any atom is 0.0886 e. The van der Waals surface area contributed by atoms with Crippen molar-refractivity contribution in [3.8, 4) is 0 Å². The van der Waals surface area contributed by atoms with E-state index in [1.807, 2.05) is 0 Å². The fraction of sp³-hybridized carbons (Fsp3) is 0.500. The van der Waals surface area contributed by atoms with Gasteiger partial charge in [0.1, 0.15) is 0 Å². The Bertz CT molecular complexity index is 101. The summed E-state index contributed by atoms with van der Waals surface area (Å²) in [5, 5.41) is 8.44. The Morgan fingerprint density at radius 1 is 1.78 bits per heavy atom. The smallest absolute Gasteiger partial charge is 0.0886 e. The fourth-order valence-electron chi connectivity index (χ4n) is 0.460. The third-order valence-electron chi connectivity index (χ3n) is 0.856. The number of rotatable bonds is 4. The summed E-state index contributed by atoms with van der Waals surface area (Å²) in [5.74, 6) is 0. The second-order valence-corrected chi connectivity index (χ2v) is 1.52. The van der Waals surface area contributed by atoms with Gasteiger partial charge in [-0.25, -0.2) is 0 Å². The van der Waals surface area contributed by atoms with E-state index in [9.17, 15) is 0 Å². The second kappa shape index (κ2) is 5.31. The number of hydrogen-bond donors (Lipinski definition) is 1. The standard InChI is InChI=1S/C6H12N2O/c1-3-8(4-5-9)6-7-2/h3,6,9H,1,4-5H2,2H3. The lowest BCUT2D eigenvalue weighted by Gasteiger charge is -2.09. The highest BCUT2D eigenvalue weighted by atomic mass is 16.3. The number of aliphatic imine (C=N–C) groups is 1. The Hall–Kier alpha value is -0.830. The van der Waals surface area contributed by atoms with E-state index in [2.05, 4.69) is 11.6 Å². The quantitative estimate of drug-likeness (QED) is 0.430. The van der Waals surface area contributed by atoms with Gasteiger partial charge in [-0.05, 0) is 6.20 Å². The van der Waals surface area contributed by atoms with Crippen LogP contribution in [0.4, 0.5) is 0 Å². The van der Waals surface area contributed by atoms with Crippen LogP contribution in [-0.4, -0.2) is 36.5 Å². The molecule has 0 aliphatic rings. The van der Waals surface area contributed by atoms with Crippen molar-refractivity contribution >= 4 is 6.34 Å². The van der Waals surface area contributed by atoms with Gasteiger partial charge in [0.2, 0.25) is 0 Å².